The van der Waals surface area contributed by atoms with Crippen LogP contribution in [0, 0.1) is 5.92 Å². The van der Waals surface area contributed by atoms with Gasteiger partial charge in [-0.2, -0.15) is 0 Å². The highest BCUT2D eigenvalue weighted by molar-refractivity contribution is 5.83. The molecular formula is C28H27N3. The minimum Gasteiger partial charge on any atom is -0.397 e. The zero-order chi connectivity index (χ0) is 21.2. The van der Waals surface area contributed by atoms with Crippen LogP contribution in [-0.2, 0) is 6.42 Å². The van der Waals surface area contributed by atoms with Crippen molar-refractivity contribution in [3.8, 4) is 0 Å². The van der Waals surface area contributed by atoms with E-state index < -0.39 is 0 Å². The first-order chi connectivity index (χ1) is 15.2. The third-order valence-electron chi connectivity index (χ3n) is 6.24. The third kappa shape index (κ3) is 4.32. The lowest BCUT2D eigenvalue weighted by Crippen LogP contribution is -2.25. The van der Waals surface area contributed by atoms with E-state index in [-0.39, 0.29) is 0 Å². The predicted octanol–water partition coefficient (Wildman–Crippen LogP) is 5.82. The fourth-order valence-electron chi connectivity index (χ4n) is 4.37. The van der Waals surface area contributed by atoms with Gasteiger partial charge in [0, 0.05) is 6.20 Å². The first-order valence-corrected chi connectivity index (χ1v) is 10.8. The van der Waals surface area contributed by atoms with Gasteiger partial charge in [-0.15, -0.1) is 0 Å². The van der Waals surface area contributed by atoms with Gasteiger partial charge in [0.2, 0.25) is 0 Å². The number of benzene rings is 4. The van der Waals surface area contributed by atoms with Crippen LogP contribution in [0.25, 0.3) is 16.5 Å². The molecule has 0 aliphatic heterocycles. The Labute approximate surface area is 183 Å². The van der Waals surface area contributed by atoms with Gasteiger partial charge in [-0.25, -0.2) is 5.84 Å². The van der Waals surface area contributed by atoms with Crippen molar-refractivity contribution in [1.82, 2.24) is 0 Å². The van der Waals surface area contributed by atoms with Crippen LogP contribution in [0.15, 0.2) is 103 Å². The van der Waals surface area contributed by atoms with Crippen molar-refractivity contribution in [1.29, 1.82) is 0 Å². The molecule has 2 unspecified atom stereocenters. The molecule has 154 valence electrons. The Morgan fingerprint density at radius 3 is 2.32 bits per heavy atom. The fourth-order valence-corrected chi connectivity index (χ4v) is 4.37. The maximum Gasteiger partial charge on any atom is 0.0569 e. The molecule has 3 nitrogen and oxygen atoms in total. The second-order valence-corrected chi connectivity index (χ2v) is 8.44. The number of hydrazine groups is 1. The molecule has 0 saturated heterocycles. The summed E-state index contributed by atoms with van der Waals surface area (Å²) in [6, 6.07) is 33.8. The number of rotatable bonds is 6. The molecule has 0 bridgehead atoms. The van der Waals surface area contributed by atoms with E-state index >= 15 is 0 Å². The molecule has 0 amide bonds. The van der Waals surface area contributed by atoms with Crippen LogP contribution >= 0.6 is 0 Å². The van der Waals surface area contributed by atoms with E-state index in [1.807, 2.05) is 30.3 Å². The van der Waals surface area contributed by atoms with E-state index in [9.17, 15) is 0 Å². The molecule has 4 N–H and O–H groups in total. The summed E-state index contributed by atoms with van der Waals surface area (Å²) in [4.78, 5) is 0. The molecule has 1 aliphatic carbocycles. The number of fused-ring (bicyclic) bond motifs is 1. The Hall–Kier alpha value is -3.56. The number of hydrogen-bond acceptors (Lipinski definition) is 3. The van der Waals surface area contributed by atoms with Crippen LogP contribution in [0.1, 0.15) is 29.0 Å². The van der Waals surface area contributed by atoms with Gasteiger partial charge >= 0.3 is 0 Å². The molecule has 31 heavy (non-hydrogen) atoms. The Morgan fingerprint density at radius 1 is 0.839 bits per heavy atom. The molecule has 1 fully saturated rings. The van der Waals surface area contributed by atoms with Crippen molar-refractivity contribution < 1.29 is 0 Å². The average molecular weight is 406 g/mol. The predicted molar refractivity (Wildman–Crippen MR) is 130 cm³/mol. The van der Waals surface area contributed by atoms with Crippen LogP contribution in [0.5, 0.6) is 0 Å². The van der Waals surface area contributed by atoms with Crippen LogP contribution in [-0.4, -0.2) is 0 Å². The van der Waals surface area contributed by atoms with Gasteiger partial charge in [0.1, 0.15) is 0 Å². The minimum atomic E-state index is 0.636. The van der Waals surface area contributed by atoms with E-state index in [0.29, 0.717) is 11.6 Å². The van der Waals surface area contributed by atoms with Crippen LogP contribution in [0.4, 0.5) is 5.69 Å². The standard InChI is InChI=1S/C28H27N3/c29-28(23-7-2-1-3-8-23)19-31(30)26-14-12-22(13-15-26)27-18-25(27)17-20-10-11-21-6-4-5-9-24(21)16-20/h1-16,19,25,27H,17-18,29-30H2/b28-19-. The van der Waals surface area contributed by atoms with E-state index in [2.05, 4.69) is 66.7 Å². The van der Waals surface area contributed by atoms with E-state index in [1.54, 1.807) is 11.2 Å². The number of nitrogens with zero attached hydrogens (tertiary/aromatic N) is 1. The maximum atomic E-state index is 6.23. The quantitative estimate of drug-likeness (QED) is 0.314. The lowest BCUT2D eigenvalue weighted by molar-refractivity contribution is 0.796. The highest BCUT2D eigenvalue weighted by atomic mass is 15.4. The summed E-state index contributed by atoms with van der Waals surface area (Å²) >= 11 is 0. The largest absolute Gasteiger partial charge is 0.397 e. The molecule has 0 radical (unpaired) electrons. The summed E-state index contributed by atoms with van der Waals surface area (Å²) in [7, 11) is 0. The van der Waals surface area contributed by atoms with Gasteiger partial charge in [-0.1, -0.05) is 84.9 Å². The van der Waals surface area contributed by atoms with E-state index in [4.69, 9.17) is 11.6 Å². The maximum absolute atomic E-state index is 6.23. The first-order valence-electron chi connectivity index (χ1n) is 10.8. The van der Waals surface area contributed by atoms with Crippen molar-refractivity contribution in [2.45, 2.75) is 18.8 Å². The summed E-state index contributed by atoms with van der Waals surface area (Å²) < 4.78 is 0. The summed E-state index contributed by atoms with van der Waals surface area (Å²) in [6.07, 6.45) is 4.15. The highest BCUT2D eigenvalue weighted by Gasteiger charge is 2.37. The molecule has 1 aliphatic rings. The number of hydrogen-bond donors (Lipinski definition) is 2. The van der Waals surface area contributed by atoms with Crippen LogP contribution in [0.2, 0.25) is 0 Å². The fraction of sp³-hybridized carbons (Fsp3) is 0.143. The van der Waals surface area contributed by atoms with Gasteiger partial charge < -0.3 is 5.73 Å². The second-order valence-electron chi connectivity index (χ2n) is 8.44. The lowest BCUT2D eigenvalue weighted by atomic mass is 10.0. The van der Waals surface area contributed by atoms with Gasteiger partial charge in [0.15, 0.2) is 0 Å². The topological polar surface area (TPSA) is 55.3 Å². The lowest BCUT2D eigenvalue weighted by Gasteiger charge is -2.16. The summed E-state index contributed by atoms with van der Waals surface area (Å²) in [5.41, 5.74) is 11.5. The Bertz CT molecular complexity index is 1210. The number of anilines is 1. The van der Waals surface area contributed by atoms with Crippen LogP contribution < -0.4 is 16.6 Å². The summed E-state index contributed by atoms with van der Waals surface area (Å²) in [5, 5.41) is 4.22. The van der Waals surface area contributed by atoms with Gasteiger partial charge in [-0.3, -0.25) is 5.01 Å². The van der Waals surface area contributed by atoms with Crippen molar-refractivity contribution in [3.63, 3.8) is 0 Å². The molecule has 5 rings (SSSR count). The summed E-state index contributed by atoms with van der Waals surface area (Å²) in [6.45, 7) is 0. The molecule has 4 aromatic carbocycles. The Morgan fingerprint density at radius 2 is 1.55 bits per heavy atom. The molecular weight excluding hydrogens is 378 g/mol. The Balaban J connectivity index is 1.23. The van der Waals surface area contributed by atoms with Gasteiger partial charge in [0.25, 0.3) is 0 Å². The zero-order valence-corrected chi connectivity index (χ0v) is 17.5. The van der Waals surface area contributed by atoms with Crippen molar-refractivity contribution in [3.05, 3.63) is 120 Å². The third-order valence-corrected chi connectivity index (χ3v) is 6.24. The van der Waals surface area contributed by atoms with Crippen molar-refractivity contribution >= 4 is 22.2 Å². The molecule has 2 atom stereocenters. The molecule has 4 aromatic rings. The van der Waals surface area contributed by atoms with Crippen LogP contribution in [0.3, 0.4) is 0 Å². The molecule has 0 aromatic heterocycles. The SMILES string of the molecule is N/C(=C\N(N)c1ccc(C2CC2Cc2ccc3ccccc3c2)cc1)c1ccccc1. The monoisotopic (exact) mass is 405 g/mol. The normalized spacial score (nSPS) is 18.2. The van der Waals surface area contributed by atoms with Crippen molar-refractivity contribution in [2.75, 3.05) is 5.01 Å². The van der Waals surface area contributed by atoms with Crippen molar-refractivity contribution in [2.24, 2.45) is 17.5 Å². The Kier molecular flexibility index (Phi) is 5.19. The molecule has 1 saturated carbocycles. The molecule has 0 heterocycles. The van der Waals surface area contributed by atoms with E-state index in [0.717, 1.165) is 23.6 Å². The second kappa shape index (κ2) is 8.29. The zero-order valence-electron chi connectivity index (χ0n) is 17.5. The minimum absolute atomic E-state index is 0.636. The summed E-state index contributed by atoms with van der Waals surface area (Å²) in [5.74, 6) is 7.58. The van der Waals surface area contributed by atoms with Gasteiger partial charge in [-0.05, 0) is 64.3 Å². The average Bonchev–Trinajstić information content (AvgIpc) is 3.58. The molecule has 0 spiro atoms. The highest BCUT2D eigenvalue weighted by Crippen LogP contribution is 2.49. The smallest absolute Gasteiger partial charge is 0.0569 e. The van der Waals surface area contributed by atoms with Gasteiger partial charge in [0.05, 0.1) is 11.4 Å². The first kappa shape index (κ1) is 19.4. The molecule has 3 heteroatoms. The number of nitrogens with two attached hydrogens (primary N) is 2. The van der Waals surface area contributed by atoms with E-state index in [1.165, 1.54) is 28.3 Å².